The lowest BCUT2D eigenvalue weighted by Gasteiger charge is -2.18. The highest BCUT2D eigenvalue weighted by molar-refractivity contribution is 5.86. The average Bonchev–Trinajstić information content (AvgIpc) is 3.20. The van der Waals surface area contributed by atoms with E-state index in [4.69, 9.17) is 16.2 Å². The van der Waals surface area contributed by atoms with Crippen molar-refractivity contribution in [1.29, 1.82) is 0 Å². The summed E-state index contributed by atoms with van der Waals surface area (Å²) in [5, 5.41) is 14.5. The van der Waals surface area contributed by atoms with E-state index >= 15 is 0 Å². The van der Waals surface area contributed by atoms with E-state index in [1.165, 1.54) is 11.1 Å². The van der Waals surface area contributed by atoms with E-state index in [9.17, 15) is 19.5 Å². The lowest BCUT2D eigenvalue weighted by molar-refractivity contribution is -0.142. The summed E-state index contributed by atoms with van der Waals surface area (Å²) in [4.78, 5) is 35.8. The second kappa shape index (κ2) is 13.6. The number of unbranched alkanes of at least 4 members (excludes halogenated alkanes) is 2. The Morgan fingerprint density at radius 2 is 1.53 bits per heavy atom. The van der Waals surface area contributed by atoms with Gasteiger partial charge in [0.05, 0.1) is 6.04 Å². The highest BCUT2D eigenvalue weighted by atomic mass is 16.5. The van der Waals surface area contributed by atoms with Crippen molar-refractivity contribution < 1.29 is 24.2 Å². The van der Waals surface area contributed by atoms with Crippen LogP contribution in [0, 0.1) is 0 Å². The third kappa shape index (κ3) is 7.29. The molecule has 2 aromatic carbocycles. The number of fused-ring (bicyclic) bond motifs is 3. The molecule has 2 amide bonds. The highest BCUT2D eigenvalue weighted by Crippen LogP contribution is 2.44. The number of carboxylic acid groups (broad SMARTS) is 1. The molecule has 0 bridgehead atoms. The zero-order valence-corrected chi connectivity index (χ0v) is 20.4. The number of alkyl carbamates (subject to hydrolysis) is 1. The van der Waals surface area contributed by atoms with Crippen LogP contribution >= 0.6 is 0 Å². The van der Waals surface area contributed by atoms with Crippen molar-refractivity contribution in [3.63, 3.8) is 0 Å². The first-order valence-corrected chi connectivity index (χ1v) is 12.5. The van der Waals surface area contributed by atoms with Crippen molar-refractivity contribution in [2.75, 3.05) is 19.7 Å². The number of ether oxygens (including phenoxy) is 1. The molecule has 1 aliphatic carbocycles. The van der Waals surface area contributed by atoms with Gasteiger partial charge in [-0.2, -0.15) is 0 Å². The maximum absolute atomic E-state index is 12.2. The number of aliphatic carboxylic acids is 1. The molecule has 36 heavy (non-hydrogen) atoms. The number of carboxylic acids is 1. The van der Waals surface area contributed by atoms with Crippen molar-refractivity contribution in [2.24, 2.45) is 11.5 Å². The first kappa shape index (κ1) is 27.2. The Morgan fingerprint density at radius 3 is 2.14 bits per heavy atom. The summed E-state index contributed by atoms with van der Waals surface area (Å²) < 4.78 is 5.51. The topological polar surface area (TPSA) is 157 Å². The minimum absolute atomic E-state index is 0.00425. The SMILES string of the molecule is NCCCC[C@H](NC(=O)[C@@H](N)CCCCNC(=O)OCC1c2ccccc2-c2ccccc21)C(=O)O. The average molecular weight is 497 g/mol. The zero-order valence-electron chi connectivity index (χ0n) is 20.4. The Bertz CT molecular complexity index is 999. The molecule has 0 radical (unpaired) electrons. The fraction of sp³-hybridized carbons (Fsp3) is 0.444. The van der Waals surface area contributed by atoms with Gasteiger partial charge in [0.15, 0.2) is 0 Å². The molecule has 0 fully saturated rings. The summed E-state index contributed by atoms with van der Waals surface area (Å²) >= 11 is 0. The minimum atomic E-state index is -1.08. The van der Waals surface area contributed by atoms with Crippen LogP contribution in [0.4, 0.5) is 4.79 Å². The molecular formula is C27H36N4O5. The number of rotatable bonds is 14. The third-order valence-corrected chi connectivity index (χ3v) is 6.45. The van der Waals surface area contributed by atoms with Gasteiger partial charge in [-0.3, -0.25) is 4.79 Å². The van der Waals surface area contributed by atoms with E-state index in [2.05, 4.69) is 34.9 Å². The van der Waals surface area contributed by atoms with Gasteiger partial charge in [-0.1, -0.05) is 48.5 Å². The van der Waals surface area contributed by atoms with Gasteiger partial charge in [0, 0.05) is 12.5 Å². The number of amides is 2. The van der Waals surface area contributed by atoms with Gasteiger partial charge >= 0.3 is 12.1 Å². The van der Waals surface area contributed by atoms with E-state index in [0.717, 1.165) is 11.1 Å². The second-order valence-electron chi connectivity index (χ2n) is 9.04. The fourth-order valence-corrected chi connectivity index (χ4v) is 4.49. The van der Waals surface area contributed by atoms with Crippen molar-refractivity contribution >= 4 is 18.0 Å². The van der Waals surface area contributed by atoms with Gasteiger partial charge in [0.2, 0.25) is 5.91 Å². The highest BCUT2D eigenvalue weighted by Gasteiger charge is 2.29. The van der Waals surface area contributed by atoms with Gasteiger partial charge in [0.1, 0.15) is 12.6 Å². The maximum Gasteiger partial charge on any atom is 0.407 e. The van der Waals surface area contributed by atoms with E-state index < -0.39 is 30.1 Å². The zero-order chi connectivity index (χ0) is 25.9. The third-order valence-electron chi connectivity index (χ3n) is 6.45. The standard InChI is InChI=1S/C27H36N4O5/c28-15-7-5-14-24(26(33)34)31-25(32)23(29)13-6-8-16-30-27(35)36-17-22-20-11-3-1-9-18(20)19-10-2-4-12-21(19)22/h1-4,9-12,22-24H,5-8,13-17,28-29H2,(H,30,35)(H,31,32)(H,33,34)/t23-,24-/m0/s1. The number of carbonyl (C=O) groups is 3. The smallest absolute Gasteiger partial charge is 0.407 e. The van der Waals surface area contributed by atoms with E-state index in [1.807, 2.05) is 24.3 Å². The van der Waals surface area contributed by atoms with Crippen LogP contribution in [0.2, 0.25) is 0 Å². The molecule has 7 N–H and O–H groups in total. The van der Waals surface area contributed by atoms with Crippen LogP contribution in [0.15, 0.2) is 48.5 Å². The lowest BCUT2D eigenvalue weighted by Crippen LogP contribution is -2.48. The summed E-state index contributed by atoms with van der Waals surface area (Å²) in [5.74, 6) is -1.57. The predicted octanol–water partition coefficient (Wildman–Crippen LogP) is 2.72. The van der Waals surface area contributed by atoms with Crippen molar-refractivity contribution in [1.82, 2.24) is 10.6 Å². The molecule has 0 unspecified atom stereocenters. The van der Waals surface area contributed by atoms with Gasteiger partial charge in [-0.25, -0.2) is 9.59 Å². The van der Waals surface area contributed by atoms with E-state index in [1.54, 1.807) is 0 Å². The first-order chi connectivity index (χ1) is 17.4. The van der Waals surface area contributed by atoms with Crippen LogP contribution in [0.1, 0.15) is 55.6 Å². The van der Waals surface area contributed by atoms with Crippen molar-refractivity contribution in [3.8, 4) is 11.1 Å². The molecule has 9 nitrogen and oxygen atoms in total. The number of carbonyl (C=O) groups excluding carboxylic acids is 2. The molecule has 2 atom stereocenters. The molecule has 0 spiro atoms. The summed E-state index contributed by atoms with van der Waals surface area (Å²) in [6.07, 6.45) is 2.74. The largest absolute Gasteiger partial charge is 0.480 e. The summed E-state index contributed by atoms with van der Waals surface area (Å²) in [6, 6.07) is 14.5. The lowest BCUT2D eigenvalue weighted by atomic mass is 9.98. The molecule has 1 aliphatic rings. The molecule has 0 aliphatic heterocycles. The van der Waals surface area contributed by atoms with Crippen LogP contribution in [0.5, 0.6) is 0 Å². The Labute approximate surface area is 211 Å². The molecule has 194 valence electrons. The Morgan fingerprint density at radius 1 is 0.917 bits per heavy atom. The molecule has 0 saturated carbocycles. The molecular weight excluding hydrogens is 460 g/mol. The van der Waals surface area contributed by atoms with E-state index in [-0.39, 0.29) is 12.5 Å². The number of benzene rings is 2. The molecule has 0 heterocycles. The monoisotopic (exact) mass is 496 g/mol. The van der Waals surface area contributed by atoms with Crippen LogP contribution in [-0.2, 0) is 14.3 Å². The summed E-state index contributed by atoms with van der Waals surface area (Å²) in [7, 11) is 0. The molecule has 0 saturated heterocycles. The number of hydrogen-bond acceptors (Lipinski definition) is 6. The molecule has 9 heteroatoms. The quantitative estimate of drug-likeness (QED) is 0.252. The fourth-order valence-electron chi connectivity index (χ4n) is 4.49. The number of nitrogens with two attached hydrogens (primary N) is 2. The van der Waals surface area contributed by atoms with Gasteiger partial charge in [-0.05, 0) is 67.3 Å². The van der Waals surface area contributed by atoms with E-state index in [0.29, 0.717) is 51.6 Å². The molecule has 2 aromatic rings. The Kier molecular flexibility index (Phi) is 10.3. The van der Waals surface area contributed by atoms with Crippen LogP contribution in [0.3, 0.4) is 0 Å². The van der Waals surface area contributed by atoms with Gasteiger partial charge in [0.25, 0.3) is 0 Å². The van der Waals surface area contributed by atoms with Crippen molar-refractivity contribution in [2.45, 2.75) is 56.5 Å². The number of nitrogens with one attached hydrogen (secondary N) is 2. The Balaban J connectivity index is 1.35. The predicted molar refractivity (Wildman–Crippen MR) is 137 cm³/mol. The van der Waals surface area contributed by atoms with Crippen molar-refractivity contribution in [3.05, 3.63) is 59.7 Å². The first-order valence-electron chi connectivity index (χ1n) is 12.5. The van der Waals surface area contributed by atoms with Crippen LogP contribution in [-0.4, -0.2) is 54.9 Å². The van der Waals surface area contributed by atoms with Gasteiger partial charge in [-0.15, -0.1) is 0 Å². The second-order valence-corrected chi connectivity index (χ2v) is 9.04. The maximum atomic E-state index is 12.2. The summed E-state index contributed by atoms with van der Waals surface area (Å²) in [5.41, 5.74) is 16.0. The summed E-state index contributed by atoms with van der Waals surface area (Å²) in [6.45, 7) is 1.12. The van der Waals surface area contributed by atoms with Crippen LogP contribution in [0.25, 0.3) is 11.1 Å². The normalized spacial score (nSPS) is 13.8. The minimum Gasteiger partial charge on any atom is -0.480 e. The van der Waals surface area contributed by atoms with Crippen LogP contribution < -0.4 is 22.1 Å². The molecule has 3 rings (SSSR count). The number of hydrogen-bond donors (Lipinski definition) is 5. The Hall–Kier alpha value is -3.43. The molecule has 0 aromatic heterocycles. The van der Waals surface area contributed by atoms with Gasteiger partial charge < -0.3 is 31.9 Å².